The second-order valence-electron chi connectivity index (χ2n) is 6.11. The predicted molar refractivity (Wildman–Crippen MR) is 83.9 cm³/mol. The maximum absolute atomic E-state index is 5.62. The minimum absolute atomic E-state index is 0.580. The molecule has 2 atom stereocenters. The number of nitrogens with one attached hydrogen (secondary N) is 1. The Kier molecular flexibility index (Phi) is 4.29. The van der Waals surface area contributed by atoms with Crippen molar-refractivity contribution in [3.05, 3.63) is 11.9 Å². The molecule has 2 bridgehead atoms. The Morgan fingerprint density at radius 1 is 1.24 bits per heavy atom. The summed E-state index contributed by atoms with van der Waals surface area (Å²) in [6, 6.07) is 1.96. The van der Waals surface area contributed by atoms with Crippen LogP contribution in [0.25, 0.3) is 0 Å². The maximum atomic E-state index is 5.62. The predicted octanol–water partition coefficient (Wildman–Crippen LogP) is 2.29. The molecule has 1 aromatic heterocycles. The van der Waals surface area contributed by atoms with Gasteiger partial charge in [0.15, 0.2) is 0 Å². The van der Waals surface area contributed by atoms with Gasteiger partial charge in [0.05, 0.1) is 12.2 Å². The summed E-state index contributed by atoms with van der Waals surface area (Å²) in [5, 5.41) is 3.71. The third-order valence-electron chi connectivity index (χ3n) is 4.79. The lowest BCUT2D eigenvalue weighted by Crippen LogP contribution is -2.48. The lowest BCUT2D eigenvalue weighted by atomic mass is 9.98. The smallest absolute Gasteiger partial charge is 0.221 e. The van der Waals surface area contributed by atoms with E-state index in [-0.39, 0.29) is 0 Å². The van der Waals surface area contributed by atoms with Crippen LogP contribution in [0.1, 0.15) is 45.1 Å². The van der Waals surface area contributed by atoms with E-state index in [0.29, 0.717) is 24.7 Å². The van der Waals surface area contributed by atoms with Crippen molar-refractivity contribution < 1.29 is 4.74 Å². The molecule has 0 saturated carbocycles. The number of fused-ring (bicyclic) bond motifs is 2. The summed E-state index contributed by atoms with van der Waals surface area (Å²) in [4.78, 5) is 11.3. The lowest BCUT2D eigenvalue weighted by molar-refractivity contribution is 0.322. The van der Waals surface area contributed by atoms with Crippen LogP contribution in [-0.2, 0) is 0 Å². The first-order valence-corrected chi connectivity index (χ1v) is 8.20. The van der Waals surface area contributed by atoms with Crippen LogP contribution in [0.15, 0.2) is 6.33 Å². The topological polar surface area (TPSA) is 50.3 Å². The number of rotatable bonds is 5. The fraction of sp³-hybridized carbons (Fsp3) is 0.750. The summed E-state index contributed by atoms with van der Waals surface area (Å²) in [5.41, 5.74) is 1.06. The third kappa shape index (κ3) is 2.84. The average molecular weight is 290 g/mol. The quantitative estimate of drug-likeness (QED) is 0.901. The molecule has 0 amide bonds. The largest absolute Gasteiger partial charge is 0.478 e. The minimum Gasteiger partial charge on any atom is -0.478 e. The summed E-state index contributed by atoms with van der Waals surface area (Å²) < 4.78 is 5.62. The molecular weight excluding hydrogens is 264 g/mol. The molecule has 1 aromatic rings. The highest BCUT2D eigenvalue weighted by Gasteiger charge is 2.36. The second kappa shape index (κ2) is 6.18. The first kappa shape index (κ1) is 14.6. The number of hydrogen-bond donors (Lipinski definition) is 1. The van der Waals surface area contributed by atoms with Crippen LogP contribution >= 0.6 is 0 Å². The fourth-order valence-corrected chi connectivity index (χ4v) is 3.86. The summed E-state index contributed by atoms with van der Waals surface area (Å²) in [7, 11) is 0. The van der Waals surface area contributed by atoms with Crippen LogP contribution in [0.2, 0.25) is 0 Å². The molecule has 3 heterocycles. The number of ether oxygens (including phenoxy) is 1. The van der Waals surface area contributed by atoms with Crippen molar-refractivity contribution in [3.63, 3.8) is 0 Å². The standard InChI is InChI=1S/C16H26N4O/c1-4-20(14-8-12-6-7-13(9-14)19-12)15-11(3)16(21-5-2)18-10-17-15/h10,12-14,19H,4-9H2,1-3H3. The van der Waals surface area contributed by atoms with E-state index in [1.807, 2.05) is 6.92 Å². The molecular formula is C16H26N4O. The van der Waals surface area contributed by atoms with Gasteiger partial charge in [-0.1, -0.05) is 0 Å². The summed E-state index contributed by atoms with van der Waals surface area (Å²) in [6.07, 6.45) is 6.72. The number of anilines is 1. The van der Waals surface area contributed by atoms with E-state index < -0.39 is 0 Å². The SMILES string of the molecule is CCOc1ncnc(N(CC)C2CC3CCC(C2)N3)c1C. The Balaban J connectivity index is 1.84. The highest BCUT2D eigenvalue weighted by atomic mass is 16.5. The monoisotopic (exact) mass is 290 g/mol. The Hall–Kier alpha value is -1.36. The Labute approximate surface area is 127 Å². The van der Waals surface area contributed by atoms with Gasteiger partial charge in [-0.05, 0) is 46.5 Å². The van der Waals surface area contributed by atoms with Gasteiger partial charge in [-0.2, -0.15) is 0 Å². The molecule has 3 rings (SSSR count). The van der Waals surface area contributed by atoms with Gasteiger partial charge in [-0.15, -0.1) is 0 Å². The Morgan fingerprint density at radius 2 is 1.95 bits per heavy atom. The van der Waals surface area contributed by atoms with Gasteiger partial charge in [0.2, 0.25) is 5.88 Å². The van der Waals surface area contributed by atoms with Gasteiger partial charge in [0.1, 0.15) is 12.1 Å². The van der Waals surface area contributed by atoms with Gasteiger partial charge in [0.25, 0.3) is 0 Å². The van der Waals surface area contributed by atoms with Crippen molar-refractivity contribution in [2.45, 2.75) is 64.6 Å². The van der Waals surface area contributed by atoms with Crippen LogP contribution in [0.3, 0.4) is 0 Å². The number of nitrogens with zero attached hydrogens (tertiary/aromatic N) is 3. The molecule has 2 saturated heterocycles. The molecule has 2 fully saturated rings. The molecule has 1 N–H and O–H groups in total. The summed E-state index contributed by atoms with van der Waals surface area (Å²) in [5.74, 6) is 1.76. The van der Waals surface area contributed by atoms with Crippen LogP contribution in [-0.4, -0.2) is 41.2 Å². The van der Waals surface area contributed by atoms with Crippen molar-refractivity contribution in [2.24, 2.45) is 0 Å². The summed E-state index contributed by atoms with van der Waals surface area (Å²) in [6.45, 7) is 7.89. The van der Waals surface area contributed by atoms with E-state index in [1.54, 1.807) is 6.33 Å². The molecule has 0 radical (unpaired) electrons. The van der Waals surface area contributed by atoms with Gasteiger partial charge in [-0.3, -0.25) is 0 Å². The second-order valence-corrected chi connectivity index (χ2v) is 6.11. The first-order chi connectivity index (χ1) is 10.2. The van der Waals surface area contributed by atoms with Crippen molar-refractivity contribution >= 4 is 5.82 Å². The normalized spacial score (nSPS) is 27.7. The number of aromatic nitrogens is 2. The highest BCUT2D eigenvalue weighted by molar-refractivity contribution is 5.51. The zero-order chi connectivity index (χ0) is 14.8. The van der Waals surface area contributed by atoms with Gasteiger partial charge < -0.3 is 15.0 Å². The van der Waals surface area contributed by atoms with E-state index in [9.17, 15) is 0 Å². The fourth-order valence-electron chi connectivity index (χ4n) is 3.86. The molecule has 0 spiro atoms. The van der Waals surface area contributed by atoms with Crippen molar-refractivity contribution in [2.75, 3.05) is 18.1 Å². The van der Waals surface area contributed by atoms with Crippen molar-refractivity contribution in [1.82, 2.24) is 15.3 Å². The summed E-state index contributed by atoms with van der Waals surface area (Å²) >= 11 is 0. The van der Waals surface area contributed by atoms with E-state index >= 15 is 0 Å². The van der Waals surface area contributed by atoms with Gasteiger partial charge in [-0.25, -0.2) is 9.97 Å². The van der Waals surface area contributed by atoms with Crippen molar-refractivity contribution in [1.29, 1.82) is 0 Å². The van der Waals surface area contributed by atoms with Crippen LogP contribution in [0.5, 0.6) is 5.88 Å². The first-order valence-electron chi connectivity index (χ1n) is 8.20. The van der Waals surface area contributed by atoms with Gasteiger partial charge >= 0.3 is 0 Å². The number of hydrogen-bond acceptors (Lipinski definition) is 5. The van der Waals surface area contributed by atoms with E-state index in [0.717, 1.165) is 23.8 Å². The molecule has 116 valence electrons. The zero-order valence-electron chi connectivity index (χ0n) is 13.3. The zero-order valence-corrected chi connectivity index (χ0v) is 13.3. The number of piperidine rings is 1. The molecule has 2 aliphatic rings. The van der Waals surface area contributed by atoms with E-state index in [1.165, 1.54) is 25.7 Å². The average Bonchev–Trinajstić information content (AvgIpc) is 2.82. The molecule has 5 nitrogen and oxygen atoms in total. The maximum Gasteiger partial charge on any atom is 0.221 e. The van der Waals surface area contributed by atoms with Crippen molar-refractivity contribution in [3.8, 4) is 5.88 Å². The molecule has 2 unspecified atom stereocenters. The van der Waals surface area contributed by atoms with Crippen LogP contribution in [0, 0.1) is 6.92 Å². The van der Waals surface area contributed by atoms with Crippen LogP contribution in [0.4, 0.5) is 5.82 Å². The minimum atomic E-state index is 0.580. The molecule has 21 heavy (non-hydrogen) atoms. The third-order valence-corrected chi connectivity index (χ3v) is 4.79. The highest BCUT2D eigenvalue weighted by Crippen LogP contribution is 2.33. The Morgan fingerprint density at radius 3 is 2.57 bits per heavy atom. The van der Waals surface area contributed by atoms with Crippen LogP contribution < -0.4 is 15.0 Å². The Bertz CT molecular complexity index is 481. The molecule has 2 aliphatic heterocycles. The van der Waals surface area contributed by atoms with E-state index in [2.05, 4.69) is 34.0 Å². The lowest BCUT2D eigenvalue weighted by Gasteiger charge is -2.38. The van der Waals surface area contributed by atoms with E-state index in [4.69, 9.17) is 4.74 Å². The molecule has 0 aromatic carbocycles. The molecule has 0 aliphatic carbocycles. The van der Waals surface area contributed by atoms with Gasteiger partial charge in [0, 0.05) is 24.7 Å². The molecule has 5 heteroatoms.